The molecule has 0 fully saturated rings. The number of hydrogen-bond donors (Lipinski definition) is 1. The van der Waals surface area contributed by atoms with Gasteiger partial charge in [-0.1, -0.05) is 41.9 Å². The zero-order valence-electron chi connectivity index (χ0n) is 18.8. The van der Waals surface area contributed by atoms with Crippen LogP contribution < -0.4 is 14.4 Å². The summed E-state index contributed by atoms with van der Waals surface area (Å²) in [6, 6.07) is 21.0. The van der Waals surface area contributed by atoms with Crippen LogP contribution in [0, 0.1) is 0 Å². The Morgan fingerprint density at radius 1 is 1.06 bits per heavy atom. The normalized spacial score (nSPS) is 12.1. The molecule has 3 aromatic rings. The minimum Gasteiger partial charge on any atom is -0.494 e. The molecule has 3 rings (SSSR count). The SMILES string of the molecule is CCOc1ccc([C@@H](C)NC(=O)c2ccc(CN(c3cccc(Cl)c3)S(C)(=O)=O)cc2)cc1. The molecule has 0 aromatic heterocycles. The molecule has 0 aliphatic heterocycles. The van der Waals surface area contributed by atoms with Crippen LogP contribution in [0.1, 0.15) is 41.4 Å². The molecule has 1 N–H and O–H groups in total. The molecule has 1 amide bonds. The smallest absolute Gasteiger partial charge is 0.251 e. The number of rotatable bonds is 9. The van der Waals surface area contributed by atoms with Crippen molar-refractivity contribution in [3.63, 3.8) is 0 Å². The monoisotopic (exact) mass is 486 g/mol. The second-order valence-electron chi connectivity index (χ2n) is 7.64. The van der Waals surface area contributed by atoms with Gasteiger partial charge in [0.1, 0.15) is 5.75 Å². The first-order valence-electron chi connectivity index (χ1n) is 10.5. The summed E-state index contributed by atoms with van der Waals surface area (Å²) in [4.78, 5) is 12.7. The number of benzene rings is 3. The molecule has 0 heterocycles. The minimum absolute atomic E-state index is 0.129. The summed E-state index contributed by atoms with van der Waals surface area (Å²) in [6.45, 7) is 4.57. The van der Waals surface area contributed by atoms with Gasteiger partial charge in [0.05, 0.1) is 31.1 Å². The second kappa shape index (κ2) is 10.7. The van der Waals surface area contributed by atoms with E-state index < -0.39 is 10.0 Å². The molecule has 8 heteroatoms. The number of nitrogens with one attached hydrogen (secondary N) is 1. The van der Waals surface area contributed by atoms with E-state index in [0.29, 0.717) is 22.9 Å². The Hall–Kier alpha value is -3.03. The van der Waals surface area contributed by atoms with Gasteiger partial charge in [-0.15, -0.1) is 0 Å². The summed E-state index contributed by atoms with van der Waals surface area (Å²) < 4.78 is 31.4. The Balaban J connectivity index is 1.69. The Morgan fingerprint density at radius 2 is 1.73 bits per heavy atom. The minimum atomic E-state index is -3.53. The number of nitrogens with zero attached hydrogens (tertiary/aromatic N) is 1. The Kier molecular flexibility index (Phi) is 8.00. The van der Waals surface area contributed by atoms with Crippen LogP contribution in [0.4, 0.5) is 5.69 Å². The van der Waals surface area contributed by atoms with Crippen LogP contribution in [-0.4, -0.2) is 27.2 Å². The largest absolute Gasteiger partial charge is 0.494 e. The van der Waals surface area contributed by atoms with E-state index in [2.05, 4.69) is 5.32 Å². The number of hydrogen-bond acceptors (Lipinski definition) is 4. The topological polar surface area (TPSA) is 75.7 Å². The molecule has 0 aliphatic rings. The number of halogens is 1. The maximum absolute atomic E-state index is 12.7. The third kappa shape index (κ3) is 6.73. The van der Waals surface area contributed by atoms with E-state index in [1.165, 1.54) is 4.31 Å². The van der Waals surface area contributed by atoms with Gasteiger partial charge in [0.25, 0.3) is 5.91 Å². The Labute approximate surface area is 200 Å². The van der Waals surface area contributed by atoms with Crippen LogP contribution in [-0.2, 0) is 16.6 Å². The van der Waals surface area contributed by atoms with E-state index in [4.69, 9.17) is 16.3 Å². The summed E-state index contributed by atoms with van der Waals surface area (Å²) >= 11 is 6.03. The van der Waals surface area contributed by atoms with Crippen LogP contribution in [0.3, 0.4) is 0 Å². The third-order valence-corrected chi connectivity index (χ3v) is 6.45. The zero-order valence-corrected chi connectivity index (χ0v) is 20.4. The van der Waals surface area contributed by atoms with Gasteiger partial charge in [-0.2, -0.15) is 0 Å². The van der Waals surface area contributed by atoms with E-state index in [0.717, 1.165) is 23.1 Å². The molecule has 0 aliphatic carbocycles. The van der Waals surface area contributed by atoms with E-state index >= 15 is 0 Å². The summed E-state index contributed by atoms with van der Waals surface area (Å²) in [5, 5.41) is 3.43. The van der Waals surface area contributed by atoms with Gasteiger partial charge in [-0.3, -0.25) is 9.10 Å². The van der Waals surface area contributed by atoms with Crippen molar-refractivity contribution in [3.05, 3.63) is 94.5 Å². The average Bonchev–Trinajstić information content (AvgIpc) is 2.77. The highest BCUT2D eigenvalue weighted by Gasteiger charge is 2.19. The van der Waals surface area contributed by atoms with Gasteiger partial charge < -0.3 is 10.1 Å². The third-order valence-electron chi connectivity index (χ3n) is 5.08. The van der Waals surface area contributed by atoms with Gasteiger partial charge in [0.15, 0.2) is 0 Å². The Morgan fingerprint density at radius 3 is 2.30 bits per heavy atom. The van der Waals surface area contributed by atoms with E-state index in [-0.39, 0.29) is 18.5 Å². The van der Waals surface area contributed by atoms with Gasteiger partial charge in [0.2, 0.25) is 10.0 Å². The van der Waals surface area contributed by atoms with Crippen molar-refractivity contribution in [3.8, 4) is 5.75 Å². The van der Waals surface area contributed by atoms with Crippen molar-refractivity contribution in [2.75, 3.05) is 17.2 Å². The van der Waals surface area contributed by atoms with Crippen LogP contribution in [0.5, 0.6) is 5.75 Å². The fourth-order valence-electron chi connectivity index (χ4n) is 3.34. The molecule has 33 heavy (non-hydrogen) atoms. The lowest BCUT2D eigenvalue weighted by Crippen LogP contribution is -2.29. The van der Waals surface area contributed by atoms with Gasteiger partial charge >= 0.3 is 0 Å². The van der Waals surface area contributed by atoms with Crippen molar-refractivity contribution < 1.29 is 17.9 Å². The number of sulfonamides is 1. The molecule has 0 saturated heterocycles. The fraction of sp³-hybridized carbons (Fsp3) is 0.240. The maximum atomic E-state index is 12.7. The number of ether oxygens (including phenoxy) is 1. The Bertz CT molecular complexity index is 1200. The summed E-state index contributed by atoms with van der Waals surface area (Å²) in [6.07, 6.45) is 1.15. The van der Waals surface area contributed by atoms with E-state index in [1.807, 2.05) is 38.1 Å². The molecule has 6 nitrogen and oxygen atoms in total. The predicted molar refractivity (Wildman–Crippen MR) is 132 cm³/mol. The summed E-state index contributed by atoms with van der Waals surface area (Å²) in [7, 11) is -3.53. The predicted octanol–water partition coefficient (Wildman–Crippen LogP) is 5.20. The lowest BCUT2D eigenvalue weighted by atomic mass is 10.1. The highest BCUT2D eigenvalue weighted by Crippen LogP contribution is 2.24. The highest BCUT2D eigenvalue weighted by molar-refractivity contribution is 7.92. The van der Waals surface area contributed by atoms with Crippen LogP contribution >= 0.6 is 11.6 Å². The zero-order chi connectivity index (χ0) is 24.0. The number of anilines is 1. The second-order valence-corrected chi connectivity index (χ2v) is 9.99. The number of carbonyl (C=O) groups is 1. The van der Waals surface area contributed by atoms with Crippen molar-refractivity contribution in [1.29, 1.82) is 0 Å². The quantitative estimate of drug-likeness (QED) is 0.451. The highest BCUT2D eigenvalue weighted by atomic mass is 35.5. The first-order valence-corrected chi connectivity index (χ1v) is 12.8. The lowest BCUT2D eigenvalue weighted by molar-refractivity contribution is 0.0940. The molecule has 0 unspecified atom stereocenters. The van der Waals surface area contributed by atoms with Crippen LogP contribution in [0.2, 0.25) is 5.02 Å². The molecule has 3 aromatic carbocycles. The molecule has 0 radical (unpaired) electrons. The molecular weight excluding hydrogens is 460 g/mol. The van der Waals surface area contributed by atoms with Crippen molar-refractivity contribution in [2.24, 2.45) is 0 Å². The molecule has 0 bridgehead atoms. The van der Waals surface area contributed by atoms with Crippen LogP contribution in [0.25, 0.3) is 0 Å². The summed E-state index contributed by atoms with van der Waals surface area (Å²) in [5.41, 5.74) is 2.69. The van der Waals surface area contributed by atoms with Crippen molar-refractivity contribution >= 4 is 33.2 Å². The molecule has 1 atom stereocenters. The van der Waals surface area contributed by atoms with E-state index in [9.17, 15) is 13.2 Å². The summed E-state index contributed by atoms with van der Waals surface area (Å²) in [5.74, 6) is 0.578. The molecule has 0 saturated carbocycles. The fourth-order valence-corrected chi connectivity index (χ4v) is 4.41. The molecular formula is C25H27ClN2O4S. The lowest BCUT2D eigenvalue weighted by Gasteiger charge is -2.23. The van der Waals surface area contributed by atoms with Gasteiger partial charge in [0, 0.05) is 10.6 Å². The number of amides is 1. The first-order chi connectivity index (χ1) is 15.7. The van der Waals surface area contributed by atoms with Gasteiger partial charge in [-0.05, 0) is 67.4 Å². The van der Waals surface area contributed by atoms with Gasteiger partial charge in [-0.25, -0.2) is 8.42 Å². The van der Waals surface area contributed by atoms with E-state index in [1.54, 1.807) is 48.5 Å². The number of carbonyl (C=O) groups excluding carboxylic acids is 1. The average molecular weight is 487 g/mol. The van der Waals surface area contributed by atoms with Crippen molar-refractivity contribution in [2.45, 2.75) is 26.4 Å². The standard InChI is InChI=1S/C25H27ClN2O4S/c1-4-32-24-14-12-20(13-15-24)18(2)27-25(29)21-10-8-19(9-11-21)17-28(33(3,30)31)23-7-5-6-22(26)16-23/h5-16,18H,4,17H2,1-3H3,(H,27,29)/t18-/m1/s1. The molecule has 0 spiro atoms. The molecule has 174 valence electrons. The maximum Gasteiger partial charge on any atom is 0.251 e. The van der Waals surface area contributed by atoms with Crippen molar-refractivity contribution in [1.82, 2.24) is 5.32 Å². The van der Waals surface area contributed by atoms with Crippen LogP contribution in [0.15, 0.2) is 72.8 Å². The first kappa shape index (κ1) is 24.6.